The summed E-state index contributed by atoms with van der Waals surface area (Å²) in [5, 5.41) is 5.82. The van der Waals surface area contributed by atoms with E-state index in [2.05, 4.69) is 24.5 Å². The first-order valence-electron chi connectivity index (χ1n) is 11.5. The molecule has 0 fully saturated rings. The minimum atomic E-state index is -0.760. The summed E-state index contributed by atoms with van der Waals surface area (Å²) in [6.45, 7) is 4.92. The average molecular weight is 477 g/mol. The smallest absolute Gasteiger partial charge is 0.253 e. The van der Waals surface area contributed by atoms with E-state index in [1.807, 2.05) is 24.3 Å². The van der Waals surface area contributed by atoms with Crippen molar-refractivity contribution in [3.63, 3.8) is 0 Å². The van der Waals surface area contributed by atoms with Crippen LogP contribution in [-0.4, -0.2) is 32.6 Å². The lowest BCUT2D eigenvalue weighted by Gasteiger charge is -2.21. The minimum Gasteiger partial charge on any atom is -0.497 e. The van der Waals surface area contributed by atoms with E-state index in [0.29, 0.717) is 40.7 Å². The van der Waals surface area contributed by atoms with Crippen LogP contribution in [-0.2, 0) is 0 Å². The average Bonchev–Trinajstić information content (AvgIpc) is 2.88. The molecule has 35 heavy (non-hydrogen) atoms. The highest BCUT2D eigenvalue weighted by atomic mass is 16.5. The standard InChI is InChI=1S/C28H32N2O5/c1-19(2)17-18-35-25-15-5-20(6-16-25)26(29-27(31)21-7-11-23(33-3)12-8-21)30-28(32)22-9-13-24(34-4)14-10-22/h5-16,19,26H,17-18H2,1-4H3,(H,29,31)(H,30,32). The molecule has 0 saturated heterocycles. The van der Waals surface area contributed by atoms with Gasteiger partial charge in [-0.1, -0.05) is 26.0 Å². The Morgan fingerprint density at radius 3 is 1.51 bits per heavy atom. The maximum Gasteiger partial charge on any atom is 0.253 e. The fraction of sp³-hybridized carbons (Fsp3) is 0.286. The fourth-order valence-electron chi connectivity index (χ4n) is 3.29. The molecule has 0 unspecified atom stereocenters. The lowest BCUT2D eigenvalue weighted by molar-refractivity contribution is 0.0883. The Morgan fingerprint density at radius 1 is 0.686 bits per heavy atom. The molecule has 3 rings (SSSR count). The van der Waals surface area contributed by atoms with Gasteiger partial charge in [-0.3, -0.25) is 9.59 Å². The molecule has 0 heterocycles. The molecular formula is C28H32N2O5. The summed E-state index contributed by atoms with van der Waals surface area (Å²) in [7, 11) is 3.13. The van der Waals surface area contributed by atoms with Crippen molar-refractivity contribution in [1.29, 1.82) is 0 Å². The minimum absolute atomic E-state index is 0.329. The molecular weight excluding hydrogens is 444 g/mol. The molecule has 0 aromatic heterocycles. The third-order valence-corrected chi connectivity index (χ3v) is 5.43. The Hall–Kier alpha value is -4.00. The zero-order valence-electron chi connectivity index (χ0n) is 20.5. The van der Waals surface area contributed by atoms with Crippen LogP contribution in [0.2, 0.25) is 0 Å². The van der Waals surface area contributed by atoms with Gasteiger partial charge in [0, 0.05) is 11.1 Å². The summed E-state index contributed by atoms with van der Waals surface area (Å²) >= 11 is 0. The summed E-state index contributed by atoms with van der Waals surface area (Å²) in [6, 6.07) is 20.9. The van der Waals surface area contributed by atoms with Crippen LogP contribution in [0, 0.1) is 5.92 Å². The molecule has 0 aliphatic heterocycles. The monoisotopic (exact) mass is 476 g/mol. The quantitative estimate of drug-likeness (QED) is 0.381. The van der Waals surface area contributed by atoms with Crippen molar-refractivity contribution in [2.75, 3.05) is 20.8 Å². The first-order valence-corrected chi connectivity index (χ1v) is 11.5. The highest BCUT2D eigenvalue weighted by Crippen LogP contribution is 2.20. The summed E-state index contributed by atoms with van der Waals surface area (Å²) in [5.74, 6) is 1.93. The van der Waals surface area contributed by atoms with Crippen LogP contribution in [0.3, 0.4) is 0 Å². The van der Waals surface area contributed by atoms with Gasteiger partial charge in [0.15, 0.2) is 0 Å². The lowest BCUT2D eigenvalue weighted by atomic mass is 10.1. The Kier molecular flexibility index (Phi) is 9.12. The molecule has 0 aliphatic rings. The van der Waals surface area contributed by atoms with Crippen LogP contribution in [0.4, 0.5) is 0 Å². The number of benzene rings is 3. The summed E-state index contributed by atoms with van der Waals surface area (Å²) in [4.78, 5) is 25.9. The van der Waals surface area contributed by atoms with Gasteiger partial charge < -0.3 is 24.8 Å². The van der Waals surface area contributed by atoms with Crippen LogP contribution < -0.4 is 24.8 Å². The topological polar surface area (TPSA) is 85.9 Å². The van der Waals surface area contributed by atoms with Crippen LogP contribution in [0.1, 0.15) is 52.7 Å². The van der Waals surface area contributed by atoms with Crippen LogP contribution >= 0.6 is 0 Å². The van der Waals surface area contributed by atoms with E-state index in [4.69, 9.17) is 14.2 Å². The second-order valence-corrected chi connectivity index (χ2v) is 8.44. The number of hydrogen-bond donors (Lipinski definition) is 2. The molecule has 184 valence electrons. The van der Waals surface area contributed by atoms with Crippen molar-refractivity contribution in [2.24, 2.45) is 5.92 Å². The van der Waals surface area contributed by atoms with Gasteiger partial charge in [0.05, 0.1) is 20.8 Å². The van der Waals surface area contributed by atoms with Crippen molar-refractivity contribution >= 4 is 11.8 Å². The molecule has 0 aliphatic carbocycles. The molecule has 0 saturated carbocycles. The van der Waals surface area contributed by atoms with Gasteiger partial charge in [0.25, 0.3) is 11.8 Å². The Balaban J connectivity index is 1.78. The number of methoxy groups -OCH3 is 2. The summed E-state index contributed by atoms with van der Waals surface area (Å²) in [5.41, 5.74) is 1.61. The largest absolute Gasteiger partial charge is 0.497 e. The van der Waals surface area contributed by atoms with E-state index >= 15 is 0 Å². The second kappa shape index (κ2) is 12.5. The van der Waals surface area contributed by atoms with Gasteiger partial charge in [0.1, 0.15) is 23.4 Å². The van der Waals surface area contributed by atoms with Crippen molar-refractivity contribution in [3.8, 4) is 17.2 Å². The highest BCUT2D eigenvalue weighted by Gasteiger charge is 2.19. The van der Waals surface area contributed by atoms with Gasteiger partial charge in [0.2, 0.25) is 0 Å². The van der Waals surface area contributed by atoms with Gasteiger partial charge in [-0.15, -0.1) is 0 Å². The SMILES string of the molecule is COc1ccc(C(=O)NC(NC(=O)c2ccc(OC)cc2)c2ccc(OCCC(C)C)cc2)cc1. The number of carbonyl (C=O) groups excluding carboxylic acids is 2. The Labute approximate surface area is 206 Å². The Bertz CT molecular complexity index is 1030. The zero-order chi connectivity index (χ0) is 25.2. The molecule has 7 heteroatoms. The van der Waals surface area contributed by atoms with Crippen LogP contribution in [0.15, 0.2) is 72.8 Å². The van der Waals surface area contributed by atoms with Gasteiger partial charge in [-0.25, -0.2) is 0 Å². The number of amides is 2. The maximum absolute atomic E-state index is 13.0. The van der Waals surface area contributed by atoms with Gasteiger partial charge in [-0.05, 0) is 78.6 Å². The number of carbonyl (C=O) groups is 2. The molecule has 0 atom stereocenters. The first-order chi connectivity index (χ1) is 16.9. The lowest BCUT2D eigenvalue weighted by Crippen LogP contribution is -2.41. The molecule has 0 spiro atoms. The van der Waals surface area contributed by atoms with Crippen molar-refractivity contribution < 1.29 is 23.8 Å². The third kappa shape index (κ3) is 7.50. The van der Waals surface area contributed by atoms with Gasteiger partial charge in [-0.2, -0.15) is 0 Å². The second-order valence-electron chi connectivity index (χ2n) is 8.44. The molecule has 2 amide bonds. The molecule has 3 aromatic carbocycles. The molecule has 0 bridgehead atoms. The third-order valence-electron chi connectivity index (χ3n) is 5.43. The molecule has 2 N–H and O–H groups in total. The number of nitrogens with one attached hydrogen (secondary N) is 2. The normalized spacial score (nSPS) is 10.7. The predicted molar refractivity (Wildman–Crippen MR) is 135 cm³/mol. The Morgan fingerprint density at radius 2 is 1.11 bits per heavy atom. The van der Waals surface area contributed by atoms with Crippen LogP contribution in [0.25, 0.3) is 0 Å². The molecule has 0 radical (unpaired) electrons. The van der Waals surface area contributed by atoms with Crippen molar-refractivity contribution in [1.82, 2.24) is 10.6 Å². The number of ether oxygens (including phenoxy) is 3. The fourth-order valence-corrected chi connectivity index (χ4v) is 3.29. The van der Waals surface area contributed by atoms with E-state index < -0.39 is 6.17 Å². The molecule has 7 nitrogen and oxygen atoms in total. The molecule has 3 aromatic rings. The highest BCUT2D eigenvalue weighted by molar-refractivity contribution is 5.97. The maximum atomic E-state index is 13.0. The van der Waals surface area contributed by atoms with E-state index in [0.717, 1.165) is 12.2 Å². The first kappa shape index (κ1) is 25.6. The van der Waals surface area contributed by atoms with E-state index in [-0.39, 0.29) is 11.8 Å². The van der Waals surface area contributed by atoms with Crippen molar-refractivity contribution in [3.05, 3.63) is 89.5 Å². The summed E-state index contributed by atoms with van der Waals surface area (Å²) < 4.78 is 16.1. The van der Waals surface area contributed by atoms with Crippen molar-refractivity contribution in [2.45, 2.75) is 26.4 Å². The van der Waals surface area contributed by atoms with E-state index in [1.165, 1.54) is 0 Å². The van der Waals surface area contributed by atoms with E-state index in [1.54, 1.807) is 62.8 Å². The van der Waals surface area contributed by atoms with E-state index in [9.17, 15) is 9.59 Å². The van der Waals surface area contributed by atoms with Gasteiger partial charge >= 0.3 is 0 Å². The summed E-state index contributed by atoms with van der Waals surface area (Å²) in [6.07, 6.45) is 0.198. The number of rotatable bonds is 11. The number of hydrogen-bond acceptors (Lipinski definition) is 5. The van der Waals surface area contributed by atoms with Crippen LogP contribution in [0.5, 0.6) is 17.2 Å². The predicted octanol–water partition coefficient (Wildman–Crippen LogP) is 4.99. The zero-order valence-corrected chi connectivity index (χ0v) is 20.5.